The van der Waals surface area contributed by atoms with Gasteiger partial charge in [0.1, 0.15) is 24.0 Å². The molecule has 0 radical (unpaired) electrons. The van der Waals surface area contributed by atoms with Crippen molar-refractivity contribution in [3.8, 4) is 5.75 Å². The molecule has 0 aliphatic heterocycles. The maximum atomic E-state index is 11.2. The molecular formula is C13H17N3O3. The highest BCUT2D eigenvalue weighted by molar-refractivity contribution is 5.80. The summed E-state index contributed by atoms with van der Waals surface area (Å²) in [7, 11) is 0. The van der Waals surface area contributed by atoms with Crippen LogP contribution in [-0.2, 0) is 0 Å². The van der Waals surface area contributed by atoms with Crippen LogP contribution < -0.4 is 15.7 Å². The fraction of sp³-hybridized carbons (Fsp3) is 0.308. The zero-order chi connectivity index (χ0) is 13.7. The number of aliphatic hydroxyl groups is 1. The highest BCUT2D eigenvalue weighted by atomic mass is 16.5. The maximum Gasteiger partial charge on any atom is 0.323 e. The quantitative estimate of drug-likeness (QED) is 0.429. The molecule has 4 N–H and O–H groups in total. The van der Waals surface area contributed by atoms with E-state index in [4.69, 9.17) is 4.74 Å². The molecule has 1 aromatic carbocycles. The molecule has 2 rings (SSSR count). The number of imidazole rings is 1. The minimum Gasteiger partial charge on any atom is -0.489 e. The van der Waals surface area contributed by atoms with Crippen molar-refractivity contribution in [1.82, 2.24) is 15.3 Å². The summed E-state index contributed by atoms with van der Waals surface area (Å²) in [6, 6.07) is 5.31. The van der Waals surface area contributed by atoms with Crippen LogP contribution in [0.2, 0.25) is 0 Å². The monoisotopic (exact) mass is 263 g/mol. The molecule has 19 heavy (non-hydrogen) atoms. The van der Waals surface area contributed by atoms with Gasteiger partial charge in [-0.2, -0.15) is 0 Å². The Morgan fingerprint density at radius 3 is 3.11 bits per heavy atom. The molecule has 6 nitrogen and oxygen atoms in total. The standard InChI is InChI=1S/C13H17N3O3/c1-2-6-14-7-9(17)8-19-11-5-3-4-10-12(11)16-13(18)15-10/h2-5,9,14,17H,1,6-8H2,(H2,15,16,18). The molecule has 0 fully saturated rings. The van der Waals surface area contributed by atoms with Crippen LogP contribution in [0.4, 0.5) is 0 Å². The molecule has 0 aliphatic rings. The van der Waals surface area contributed by atoms with Gasteiger partial charge in [-0.3, -0.25) is 0 Å². The average Bonchev–Trinajstić information content (AvgIpc) is 2.77. The second kappa shape index (κ2) is 6.21. The van der Waals surface area contributed by atoms with Crippen LogP contribution in [-0.4, -0.2) is 40.9 Å². The number of nitrogens with one attached hydrogen (secondary N) is 3. The second-order valence-electron chi connectivity index (χ2n) is 4.17. The van der Waals surface area contributed by atoms with E-state index in [9.17, 15) is 9.90 Å². The molecule has 1 unspecified atom stereocenters. The molecule has 0 spiro atoms. The number of ether oxygens (including phenoxy) is 1. The van der Waals surface area contributed by atoms with Crippen molar-refractivity contribution < 1.29 is 9.84 Å². The van der Waals surface area contributed by atoms with Crippen molar-refractivity contribution in [2.24, 2.45) is 0 Å². The summed E-state index contributed by atoms with van der Waals surface area (Å²) in [6.45, 7) is 4.78. The van der Waals surface area contributed by atoms with Gasteiger partial charge in [0.05, 0.1) is 5.52 Å². The largest absolute Gasteiger partial charge is 0.489 e. The number of rotatable bonds is 7. The van der Waals surface area contributed by atoms with Crippen LogP contribution in [0.5, 0.6) is 5.75 Å². The Bertz CT molecular complexity index is 602. The number of benzene rings is 1. The van der Waals surface area contributed by atoms with E-state index < -0.39 is 6.10 Å². The van der Waals surface area contributed by atoms with E-state index in [1.165, 1.54) is 0 Å². The highest BCUT2D eigenvalue weighted by Gasteiger charge is 2.08. The maximum absolute atomic E-state index is 11.2. The molecule has 0 bridgehead atoms. The first-order valence-corrected chi connectivity index (χ1v) is 6.04. The summed E-state index contributed by atoms with van der Waals surface area (Å²) >= 11 is 0. The van der Waals surface area contributed by atoms with Crippen molar-refractivity contribution in [3.63, 3.8) is 0 Å². The van der Waals surface area contributed by atoms with E-state index in [1.54, 1.807) is 24.3 Å². The summed E-state index contributed by atoms with van der Waals surface area (Å²) in [5.74, 6) is 0.540. The predicted octanol–water partition coefficient (Wildman–Crippen LogP) is 0.371. The van der Waals surface area contributed by atoms with Gasteiger partial charge in [-0.05, 0) is 12.1 Å². The number of aliphatic hydroxyl groups excluding tert-OH is 1. The summed E-state index contributed by atoms with van der Waals surface area (Å²) in [6.07, 6.45) is 1.10. The Hall–Kier alpha value is -2.05. The van der Waals surface area contributed by atoms with Crippen molar-refractivity contribution in [1.29, 1.82) is 0 Å². The zero-order valence-electron chi connectivity index (χ0n) is 10.5. The third-order valence-electron chi connectivity index (χ3n) is 2.61. The Balaban J connectivity index is 1.97. The number of aromatic amines is 2. The van der Waals surface area contributed by atoms with E-state index >= 15 is 0 Å². The van der Waals surface area contributed by atoms with Gasteiger partial charge in [0.25, 0.3) is 0 Å². The lowest BCUT2D eigenvalue weighted by atomic mass is 10.3. The van der Waals surface area contributed by atoms with Crippen molar-refractivity contribution in [2.45, 2.75) is 6.10 Å². The van der Waals surface area contributed by atoms with Crippen molar-refractivity contribution in [3.05, 3.63) is 41.3 Å². The van der Waals surface area contributed by atoms with Crippen LogP contribution in [0.3, 0.4) is 0 Å². The third kappa shape index (κ3) is 3.46. The van der Waals surface area contributed by atoms with Gasteiger partial charge in [-0.15, -0.1) is 6.58 Å². The summed E-state index contributed by atoms with van der Waals surface area (Å²) < 4.78 is 5.52. The predicted molar refractivity (Wildman–Crippen MR) is 73.5 cm³/mol. The van der Waals surface area contributed by atoms with E-state index in [0.29, 0.717) is 29.9 Å². The molecule has 6 heteroatoms. The van der Waals surface area contributed by atoms with E-state index in [0.717, 1.165) is 0 Å². The third-order valence-corrected chi connectivity index (χ3v) is 2.61. The first-order valence-electron chi connectivity index (χ1n) is 6.04. The number of hydrogen-bond donors (Lipinski definition) is 4. The fourth-order valence-corrected chi connectivity index (χ4v) is 1.75. The number of hydrogen-bond acceptors (Lipinski definition) is 4. The molecule has 1 heterocycles. The molecule has 0 amide bonds. The minimum absolute atomic E-state index is 0.149. The van der Waals surface area contributed by atoms with Crippen LogP contribution in [0.15, 0.2) is 35.6 Å². The average molecular weight is 263 g/mol. The lowest BCUT2D eigenvalue weighted by molar-refractivity contribution is 0.108. The van der Waals surface area contributed by atoms with Crippen LogP contribution in [0.1, 0.15) is 0 Å². The minimum atomic E-state index is -0.624. The first kappa shape index (κ1) is 13.4. The summed E-state index contributed by atoms with van der Waals surface area (Å²) in [4.78, 5) is 16.5. The molecule has 1 aromatic heterocycles. The smallest absolute Gasteiger partial charge is 0.323 e. The van der Waals surface area contributed by atoms with Gasteiger partial charge < -0.3 is 25.1 Å². The van der Waals surface area contributed by atoms with Crippen molar-refractivity contribution >= 4 is 11.0 Å². The molecule has 0 saturated heterocycles. The fourth-order valence-electron chi connectivity index (χ4n) is 1.75. The molecular weight excluding hydrogens is 246 g/mol. The summed E-state index contributed by atoms with van der Waals surface area (Å²) in [5, 5.41) is 12.7. The van der Waals surface area contributed by atoms with Gasteiger partial charge in [-0.25, -0.2) is 4.79 Å². The van der Waals surface area contributed by atoms with Gasteiger partial charge in [0, 0.05) is 13.1 Å². The SMILES string of the molecule is C=CCNCC(O)COc1cccc2[nH]c(=O)[nH]c12. The zero-order valence-corrected chi connectivity index (χ0v) is 10.5. The number of H-pyrrole nitrogens is 2. The number of aromatic nitrogens is 2. The molecule has 102 valence electrons. The molecule has 0 aliphatic carbocycles. The van der Waals surface area contributed by atoms with Crippen LogP contribution in [0, 0.1) is 0 Å². The van der Waals surface area contributed by atoms with Gasteiger partial charge >= 0.3 is 5.69 Å². The lowest BCUT2D eigenvalue weighted by Gasteiger charge is -2.12. The first-order chi connectivity index (χ1) is 9.20. The topological polar surface area (TPSA) is 90.1 Å². The van der Waals surface area contributed by atoms with Gasteiger partial charge in [-0.1, -0.05) is 12.1 Å². The van der Waals surface area contributed by atoms with Crippen molar-refractivity contribution in [2.75, 3.05) is 19.7 Å². The van der Waals surface area contributed by atoms with Gasteiger partial charge in [0.2, 0.25) is 0 Å². The summed E-state index contributed by atoms with van der Waals surface area (Å²) in [5.41, 5.74) is 1.01. The molecule has 2 aromatic rings. The van der Waals surface area contributed by atoms with Crippen LogP contribution >= 0.6 is 0 Å². The Labute approximate surface area is 110 Å². The van der Waals surface area contributed by atoms with Gasteiger partial charge in [0.15, 0.2) is 0 Å². The second-order valence-corrected chi connectivity index (χ2v) is 4.17. The van der Waals surface area contributed by atoms with E-state index in [2.05, 4.69) is 21.9 Å². The highest BCUT2D eigenvalue weighted by Crippen LogP contribution is 2.20. The Morgan fingerprint density at radius 2 is 2.32 bits per heavy atom. The molecule has 1 atom stereocenters. The Kier molecular flexibility index (Phi) is 4.38. The number of para-hydroxylation sites is 1. The van der Waals surface area contributed by atoms with E-state index in [1.807, 2.05) is 0 Å². The van der Waals surface area contributed by atoms with E-state index in [-0.39, 0.29) is 12.3 Å². The Morgan fingerprint density at radius 1 is 1.47 bits per heavy atom. The lowest BCUT2D eigenvalue weighted by Crippen LogP contribution is -2.31. The normalized spacial score (nSPS) is 12.5. The number of fused-ring (bicyclic) bond motifs is 1. The van der Waals surface area contributed by atoms with Crippen LogP contribution in [0.25, 0.3) is 11.0 Å². The molecule has 0 saturated carbocycles.